The SMILES string of the molecule is C=C(C)N/N=C(\C)C(C)(C)C. The second kappa shape index (κ2) is 3.56. The molecule has 0 aromatic heterocycles. The van der Waals surface area contributed by atoms with E-state index in [-0.39, 0.29) is 5.41 Å². The minimum absolute atomic E-state index is 0.141. The lowest BCUT2D eigenvalue weighted by Crippen LogP contribution is -2.19. The summed E-state index contributed by atoms with van der Waals surface area (Å²) in [6.45, 7) is 14.0. The van der Waals surface area contributed by atoms with Gasteiger partial charge in [0.1, 0.15) is 0 Å². The van der Waals surface area contributed by atoms with E-state index in [9.17, 15) is 0 Å². The number of nitrogens with zero attached hydrogens (tertiary/aromatic N) is 1. The van der Waals surface area contributed by atoms with Gasteiger partial charge in [0.2, 0.25) is 0 Å². The molecule has 0 fully saturated rings. The van der Waals surface area contributed by atoms with Gasteiger partial charge >= 0.3 is 0 Å². The van der Waals surface area contributed by atoms with Crippen molar-refractivity contribution in [3.63, 3.8) is 0 Å². The van der Waals surface area contributed by atoms with Gasteiger partial charge in [-0.1, -0.05) is 27.4 Å². The van der Waals surface area contributed by atoms with Gasteiger partial charge in [-0.25, -0.2) is 0 Å². The molecule has 64 valence electrons. The van der Waals surface area contributed by atoms with Crippen LogP contribution >= 0.6 is 0 Å². The number of hydrogen-bond acceptors (Lipinski definition) is 2. The highest BCUT2D eigenvalue weighted by Crippen LogP contribution is 2.14. The molecule has 0 aromatic rings. The molecular weight excluding hydrogens is 136 g/mol. The molecule has 0 atom stereocenters. The highest BCUT2D eigenvalue weighted by molar-refractivity contribution is 5.86. The molecule has 2 heteroatoms. The molecule has 0 radical (unpaired) electrons. The summed E-state index contributed by atoms with van der Waals surface area (Å²) in [4.78, 5) is 0. The van der Waals surface area contributed by atoms with E-state index in [2.05, 4.69) is 37.9 Å². The Morgan fingerprint density at radius 2 is 1.73 bits per heavy atom. The van der Waals surface area contributed by atoms with Crippen LogP contribution in [-0.2, 0) is 0 Å². The van der Waals surface area contributed by atoms with Crippen molar-refractivity contribution in [3.05, 3.63) is 12.3 Å². The maximum Gasteiger partial charge on any atom is 0.0404 e. The van der Waals surface area contributed by atoms with Gasteiger partial charge in [-0.3, -0.25) is 5.43 Å². The van der Waals surface area contributed by atoms with Gasteiger partial charge in [-0.15, -0.1) is 0 Å². The maximum absolute atomic E-state index is 4.16. The van der Waals surface area contributed by atoms with Crippen LogP contribution in [0, 0.1) is 5.41 Å². The molecule has 0 saturated carbocycles. The summed E-state index contributed by atoms with van der Waals surface area (Å²) < 4.78 is 0. The molecule has 0 aliphatic rings. The molecule has 0 aliphatic heterocycles. The smallest absolute Gasteiger partial charge is 0.0404 e. The van der Waals surface area contributed by atoms with Gasteiger partial charge in [-0.05, 0) is 13.8 Å². The maximum atomic E-state index is 4.16. The van der Waals surface area contributed by atoms with Crippen LogP contribution in [0.3, 0.4) is 0 Å². The molecule has 0 amide bonds. The predicted octanol–water partition coefficient (Wildman–Crippen LogP) is 2.53. The quantitative estimate of drug-likeness (QED) is 0.479. The second-order valence-electron chi connectivity index (χ2n) is 3.84. The molecule has 0 bridgehead atoms. The van der Waals surface area contributed by atoms with Crippen LogP contribution in [0.5, 0.6) is 0 Å². The molecule has 0 spiro atoms. The fourth-order valence-corrected chi connectivity index (χ4v) is 0.347. The lowest BCUT2D eigenvalue weighted by molar-refractivity contribution is 0.580. The van der Waals surface area contributed by atoms with Crippen LogP contribution in [0.25, 0.3) is 0 Å². The fourth-order valence-electron chi connectivity index (χ4n) is 0.347. The molecule has 1 N–H and O–H groups in total. The lowest BCUT2D eigenvalue weighted by Gasteiger charge is -2.17. The molecule has 0 rings (SSSR count). The molecule has 11 heavy (non-hydrogen) atoms. The lowest BCUT2D eigenvalue weighted by atomic mass is 9.91. The zero-order valence-electron chi connectivity index (χ0n) is 8.15. The number of allylic oxidation sites excluding steroid dienone is 1. The van der Waals surface area contributed by atoms with Crippen molar-refractivity contribution in [2.75, 3.05) is 0 Å². The van der Waals surface area contributed by atoms with Crippen molar-refractivity contribution in [2.24, 2.45) is 10.5 Å². The second-order valence-corrected chi connectivity index (χ2v) is 3.84. The van der Waals surface area contributed by atoms with Crippen LogP contribution in [-0.4, -0.2) is 5.71 Å². The minimum atomic E-state index is 0.141. The van der Waals surface area contributed by atoms with Gasteiger partial charge < -0.3 is 0 Å². The Hall–Kier alpha value is -0.790. The predicted molar refractivity (Wildman–Crippen MR) is 50.5 cm³/mol. The van der Waals surface area contributed by atoms with Gasteiger partial charge in [0.25, 0.3) is 0 Å². The van der Waals surface area contributed by atoms with Gasteiger partial charge in [0.05, 0.1) is 0 Å². The molecule has 0 aromatic carbocycles. The summed E-state index contributed by atoms with van der Waals surface area (Å²) in [5.41, 5.74) is 4.94. The molecular formula is C9H18N2. The molecule has 0 aliphatic carbocycles. The third kappa shape index (κ3) is 4.59. The molecule has 0 saturated heterocycles. The topological polar surface area (TPSA) is 24.4 Å². The first-order valence-electron chi connectivity index (χ1n) is 3.80. The number of hydrogen-bond donors (Lipinski definition) is 1. The Labute approximate surface area is 69.4 Å². The Balaban J connectivity index is 4.12. The standard InChI is InChI=1S/C9H18N2/c1-7(2)10-11-8(3)9(4,5)6/h10H,1H2,2-6H3/b11-8+. The highest BCUT2D eigenvalue weighted by Gasteiger charge is 2.13. The van der Waals surface area contributed by atoms with Crippen molar-refractivity contribution >= 4 is 5.71 Å². The van der Waals surface area contributed by atoms with Crippen molar-refractivity contribution < 1.29 is 0 Å². The van der Waals surface area contributed by atoms with Crippen LogP contribution in [0.1, 0.15) is 34.6 Å². The first-order chi connectivity index (χ1) is 4.84. The van der Waals surface area contributed by atoms with E-state index in [1.807, 2.05) is 13.8 Å². The molecule has 0 heterocycles. The van der Waals surface area contributed by atoms with Gasteiger partial charge in [0.15, 0.2) is 0 Å². The monoisotopic (exact) mass is 154 g/mol. The van der Waals surface area contributed by atoms with Gasteiger partial charge in [-0.2, -0.15) is 5.10 Å². The van der Waals surface area contributed by atoms with Crippen LogP contribution in [0.4, 0.5) is 0 Å². The van der Waals surface area contributed by atoms with Crippen LogP contribution < -0.4 is 5.43 Å². The third-order valence-electron chi connectivity index (χ3n) is 1.50. The van der Waals surface area contributed by atoms with E-state index in [1.54, 1.807) is 0 Å². The summed E-state index contributed by atoms with van der Waals surface area (Å²) >= 11 is 0. The molecule has 0 unspecified atom stereocenters. The van der Waals surface area contributed by atoms with E-state index in [1.165, 1.54) is 0 Å². The zero-order chi connectivity index (χ0) is 9.07. The van der Waals surface area contributed by atoms with Crippen molar-refractivity contribution in [1.29, 1.82) is 0 Å². The third-order valence-corrected chi connectivity index (χ3v) is 1.50. The fraction of sp³-hybridized carbons (Fsp3) is 0.667. The minimum Gasteiger partial charge on any atom is -0.284 e. The van der Waals surface area contributed by atoms with E-state index >= 15 is 0 Å². The first kappa shape index (κ1) is 10.2. The largest absolute Gasteiger partial charge is 0.284 e. The summed E-state index contributed by atoms with van der Waals surface area (Å²) in [7, 11) is 0. The van der Waals surface area contributed by atoms with E-state index in [4.69, 9.17) is 0 Å². The zero-order valence-corrected chi connectivity index (χ0v) is 8.15. The van der Waals surface area contributed by atoms with E-state index < -0.39 is 0 Å². The number of hydrazone groups is 1. The summed E-state index contributed by atoms with van der Waals surface area (Å²) in [5.74, 6) is 0. The Kier molecular flexibility index (Phi) is 3.30. The average Bonchev–Trinajstić information content (AvgIpc) is 1.80. The van der Waals surface area contributed by atoms with Gasteiger partial charge in [0, 0.05) is 16.8 Å². The van der Waals surface area contributed by atoms with Crippen molar-refractivity contribution in [3.8, 4) is 0 Å². The Morgan fingerprint density at radius 1 is 1.27 bits per heavy atom. The number of nitrogens with one attached hydrogen (secondary N) is 1. The summed E-state index contributed by atoms with van der Waals surface area (Å²) in [6, 6.07) is 0. The van der Waals surface area contributed by atoms with Crippen LogP contribution in [0.15, 0.2) is 17.4 Å². The van der Waals surface area contributed by atoms with E-state index in [0.717, 1.165) is 11.4 Å². The number of rotatable bonds is 2. The summed E-state index contributed by atoms with van der Waals surface area (Å²) in [5, 5.41) is 4.16. The van der Waals surface area contributed by atoms with Crippen molar-refractivity contribution in [1.82, 2.24) is 5.43 Å². The summed E-state index contributed by atoms with van der Waals surface area (Å²) in [6.07, 6.45) is 0. The van der Waals surface area contributed by atoms with E-state index in [0.29, 0.717) is 0 Å². The normalized spacial score (nSPS) is 13.0. The Bertz CT molecular complexity index is 172. The highest BCUT2D eigenvalue weighted by atomic mass is 15.3. The average molecular weight is 154 g/mol. The van der Waals surface area contributed by atoms with Crippen LogP contribution in [0.2, 0.25) is 0 Å². The first-order valence-corrected chi connectivity index (χ1v) is 3.80. The van der Waals surface area contributed by atoms with Crippen molar-refractivity contribution in [2.45, 2.75) is 34.6 Å². The molecule has 2 nitrogen and oxygen atoms in total. The Morgan fingerprint density at radius 3 is 2.00 bits per heavy atom.